The van der Waals surface area contributed by atoms with E-state index in [1.54, 1.807) is 6.92 Å². The van der Waals surface area contributed by atoms with E-state index in [-0.39, 0.29) is 13.0 Å². The van der Waals surface area contributed by atoms with Crippen LogP contribution in [0, 0.1) is 17.0 Å². The van der Waals surface area contributed by atoms with Crippen molar-refractivity contribution in [3.05, 3.63) is 29.8 Å². The molecule has 0 saturated heterocycles. The van der Waals surface area contributed by atoms with Crippen LogP contribution in [0.3, 0.4) is 0 Å². The molecule has 1 saturated carbocycles. The second-order valence-corrected chi connectivity index (χ2v) is 6.17. The summed E-state index contributed by atoms with van der Waals surface area (Å²) in [6.45, 7) is 1.42. The number of carboxylic acid groups (broad SMARTS) is 1. The Morgan fingerprint density at radius 3 is 2.28 bits per heavy atom. The smallest absolute Gasteiger partial charge is 0.310 e. The molecular formula is C17H20F2N2O4. The average Bonchev–Trinajstić information content (AvgIpc) is 2.51. The van der Waals surface area contributed by atoms with Crippen molar-refractivity contribution in [1.82, 2.24) is 4.90 Å². The van der Waals surface area contributed by atoms with Gasteiger partial charge in [-0.05, 0) is 31.9 Å². The van der Waals surface area contributed by atoms with Crippen LogP contribution in [-0.4, -0.2) is 40.9 Å². The monoisotopic (exact) mass is 354 g/mol. The summed E-state index contributed by atoms with van der Waals surface area (Å²) in [5.41, 5.74) is -1.63. The maximum Gasteiger partial charge on any atom is 0.310 e. The predicted molar refractivity (Wildman–Crippen MR) is 85.8 cm³/mol. The van der Waals surface area contributed by atoms with Gasteiger partial charge in [0.2, 0.25) is 11.8 Å². The molecule has 0 heterocycles. The van der Waals surface area contributed by atoms with E-state index in [0.29, 0.717) is 12.8 Å². The molecule has 0 aromatic heterocycles. The minimum absolute atomic E-state index is 0.182. The van der Waals surface area contributed by atoms with Crippen LogP contribution in [0.1, 0.15) is 32.6 Å². The molecule has 2 rings (SSSR count). The van der Waals surface area contributed by atoms with Crippen molar-refractivity contribution in [2.24, 2.45) is 5.41 Å². The Morgan fingerprint density at radius 2 is 1.84 bits per heavy atom. The zero-order valence-corrected chi connectivity index (χ0v) is 13.8. The van der Waals surface area contributed by atoms with Crippen LogP contribution in [-0.2, 0) is 14.4 Å². The highest BCUT2D eigenvalue weighted by molar-refractivity contribution is 5.95. The van der Waals surface area contributed by atoms with Gasteiger partial charge >= 0.3 is 5.97 Å². The summed E-state index contributed by atoms with van der Waals surface area (Å²) in [6, 6.07) is 3.19. The van der Waals surface area contributed by atoms with Gasteiger partial charge < -0.3 is 15.3 Å². The SMILES string of the molecule is CCN(CC(=O)Nc1c(F)cccc1F)C(=O)CC1(C(=O)O)CCC1. The number of nitrogens with one attached hydrogen (secondary N) is 1. The maximum absolute atomic E-state index is 13.6. The van der Waals surface area contributed by atoms with Crippen LogP contribution in [0.25, 0.3) is 0 Å². The number of anilines is 1. The zero-order valence-electron chi connectivity index (χ0n) is 13.8. The lowest BCUT2D eigenvalue weighted by molar-refractivity contribution is -0.159. The molecule has 0 radical (unpaired) electrons. The van der Waals surface area contributed by atoms with Gasteiger partial charge in [-0.3, -0.25) is 14.4 Å². The van der Waals surface area contributed by atoms with Crippen LogP contribution < -0.4 is 5.32 Å². The first-order chi connectivity index (χ1) is 11.8. The molecule has 136 valence electrons. The van der Waals surface area contributed by atoms with E-state index in [1.807, 2.05) is 0 Å². The third kappa shape index (κ3) is 4.12. The number of likely N-dealkylation sites (N-methyl/N-ethyl adjacent to an activating group) is 1. The summed E-state index contributed by atoms with van der Waals surface area (Å²) in [5.74, 6) is -4.06. The van der Waals surface area contributed by atoms with Gasteiger partial charge in [0.1, 0.15) is 17.3 Å². The van der Waals surface area contributed by atoms with Crippen molar-refractivity contribution in [2.75, 3.05) is 18.4 Å². The molecule has 1 aliphatic carbocycles. The molecule has 2 amide bonds. The minimum Gasteiger partial charge on any atom is -0.481 e. The second-order valence-electron chi connectivity index (χ2n) is 6.17. The largest absolute Gasteiger partial charge is 0.481 e. The third-order valence-electron chi connectivity index (χ3n) is 4.55. The van der Waals surface area contributed by atoms with Gasteiger partial charge in [0.25, 0.3) is 0 Å². The molecule has 1 fully saturated rings. The first kappa shape index (κ1) is 18.8. The Labute approximate surface area is 143 Å². The number of carboxylic acids is 1. The number of amides is 2. The van der Waals surface area contributed by atoms with Crippen LogP contribution >= 0.6 is 0 Å². The van der Waals surface area contributed by atoms with Crippen molar-refractivity contribution in [3.8, 4) is 0 Å². The van der Waals surface area contributed by atoms with Crippen LogP contribution in [0.4, 0.5) is 14.5 Å². The van der Waals surface area contributed by atoms with E-state index >= 15 is 0 Å². The number of para-hydroxylation sites is 1. The molecule has 0 spiro atoms. The predicted octanol–water partition coefficient (Wildman–Crippen LogP) is 2.40. The molecule has 0 bridgehead atoms. The Bertz CT molecular complexity index is 669. The summed E-state index contributed by atoms with van der Waals surface area (Å²) in [7, 11) is 0. The summed E-state index contributed by atoms with van der Waals surface area (Å²) >= 11 is 0. The van der Waals surface area contributed by atoms with Crippen LogP contribution in [0.15, 0.2) is 18.2 Å². The number of benzene rings is 1. The lowest BCUT2D eigenvalue weighted by Gasteiger charge is -2.38. The quantitative estimate of drug-likeness (QED) is 0.787. The lowest BCUT2D eigenvalue weighted by atomic mass is 9.66. The normalized spacial score (nSPS) is 15.2. The molecule has 6 nitrogen and oxygen atoms in total. The van der Waals surface area contributed by atoms with E-state index in [0.717, 1.165) is 18.6 Å². The highest BCUT2D eigenvalue weighted by Crippen LogP contribution is 2.44. The number of hydrogen-bond donors (Lipinski definition) is 2. The van der Waals surface area contributed by atoms with E-state index < -0.39 is 47.1 Å². The Kier molecular flexibility index (Phi) is 5.71. The Hall–Kier alpha value is -2.51. The summed E-state index contributed by atoms with van der Waals surface area (Å²) in [4.78, 5) is 36.9. The number of aliphatic carboxylic acids is 1. The lowest BCUT2D eigenvalue weighted by Crippen LogP contribution is -2.45. The van der Waals surface area contributed by atoms with Crippen molar-refractivity contribution in [2.45, 2.75) is 32.6 Å². The van der Waals surface area contributed by atoms with Gasteiger partial charge in [-0.2, -0.15) is 0 Å². The van der Waals surface area contributed by atoms with Crippen molar-refractivity contribution in [1.29, 1.82) is 0 Å². The van der Waals surface area contributed by atoms with Gasteiger partial charge in [0.05, 0.1) is 12.0 Å². The van der Waals surface area contributed by atoms with E-state index in [9.17, 15) is 28.3 Å². The number of rotatable bonds is 7. The highest BCUT2D eigenvalue weighted by atomic mass is 19.1. The first-order valence-electron chi connectivity index (χ1n) is 8.04. The Morgan fingerprint density at radius 1 is 1.24 bits per heavy atom. The first-order valence-corrected chi connectivity index (χ1v) is 8.04. The van der Waals surface area contributed by atoms with Crippen LogP contribution in [0.5, 0.6) is 0 Å². The van der Waals surface area contributed by atoms with Gasteiger partial charge in [-0.15, -0.1) is 0 Å². The number of halogens is 2. The van der Waals surface area contributed by atoms with Crippen molar-refractivity contribution < 1.29 is 28.3 Å². The standard InChI is InChI=1S/C17H20F2N2O4/c1-2-21(14(23)9-17(16(24)25)7-4-8-17)10-13(22)20-15-11(18)5-3-6-12(15)19/h3,5-6H,2,4,7-10H2,1H3,(H,20,22)(H,24,25). The van der Waals surface area contributed by atoms with Gasteiger partial charge in [-0.1, -0.05) is 12.5 Å². The molecule has 1 aromatic carbocycles. The molecule has 0 unspecified atom stereocenters. The number of nitrogens with zero attached hydrogens (tertiary/aromatic N) is 1. The fourth-order valence-electron chi connectivity index (χ4n) is 2.82. The number of carbonyl (C=O) groups excluding carboxylic acids is 2. The molecule has 0 aliphatic heterocycles. The fourth-order valence-corrected chi connectivity index (χ4v) is 2.82. The molecule has 1 aliphatic rings. The molecule has 0 atom stereocenters. The molecule has 25 heavy (non-hydrogen) atoms. The van der Waals surface area contributed by atoms with E-state index in [2.05, 4.69) is 5.32 Å². The fraction of sp³-hybridized carbons (Fsp3) is 0.471. The van der Waals surface area contributed by atoms with Gasteiger partial charge in [0.15, 0.2) is 0 Å². The highest BCUT2D eigenvalue weighted by Gasteiger charge is 2.46. The molecule has 8 heteroatoms. The second kappa shape index (κ2) is 7.58. The zero-order chi connectivity index (χ0) is 18.6. The van der Waals surface area contributed by atoms with E-state index in [1.165, 1.54) is 11.0 Å². The average molecular weight is 354 g/mol. The van der Waals surface area contributed by atoms with Gasteiger partial charge in [-0.25, -0.2) is 8.78 Å². The summed E-state index contributed by atoms with van der Waals surface area (Å²) in [5, 5.41) is 11.4. The molecule has 2 N–H and O–H groups in total. The van der Waals surface area contributed by atoms with Crippen LogP contribution in [0.2, 0.25) is 0 Å². The molecule has 1 aromatic rings. The maximum atomic E-state index is 13.6. The van der Waals surface area contributed by atoms with Crippen molar-refractivity contribution >= 4 is 23.5 Å². The molecular weight excluding hydrogens is 334 g/mol. The van der Waals surface area contributed by atoms with E-state index in [4.69, 9.17) is 0 Å². The summed E-state index contributed by atoms with van der Waals surface area (Å²) < 4.78 is 27.1. The summed E-state index contributed by atoms with van der Waals surface area (Å²) in [6.07, 6.45) is 1.42. The van der Waals surface area contributed by atoms with Gasteiger partial charge in [0, 0.05) is 13.0 Å². The van der Waals surface area contributed by atoms with Crippen molar-refractivity contribution in [3.63, 3.8) is 0 Å². The number of carbonyl (C=O) groups is 3. The topological polar surface area (TPSA) is 86.7 Å². The minimum atomic E-state index is -1.06. The Balaban J connectivity index is 2.00. The number of hydrogen-bond acceptors (Lipinski definition) is 3. The third-order valence-corrected chi connectivity index (χ3v) is 4.55.